The van der Waals surface area contributed by atoms with Crippen LogP contribution in [0.25, 0.3) is 0 Å². The van der Waals surface area contributed by atoms with Gasteiger partial charge in [-0.2, -0.15) is 0 Å². The van der Waals surface area contributed by atoms with Crippen molar-refractivity contribution in [2.24, 2.45) is 0 Å². The van der Waals surface area contributed by atoms with Gasteiger partial charge in [0.2, 0.25) is 0 Å². The van der Waals surface area contributed by atoms with E-state index in [-0.39, 0.29) is 24.0 Å². The molecule has 0 radical (unpaired) electrons. The molecule has 0 aliphatic carbocycles. The highest BCUT2D eigenvalue weighted by atomic mass is 16.6. The minimum atomic E-state index is -0.519. The number of ether oxygens (including phenoxy) is 1. The summed E-state index contributed by atoms with van der Waals surface area (Å²) in [6.07, 6.45) is 0. The van der Waals surface area contributed by atoms with E-state index in [1.165, 1.54) is 16.7 Å². The van der Waals surface area contributed by atoms with Crippen molar-refractivity contribution in [3.63, 3.8) is 0 Å². The first-order valence-electron chi connectivity index (χ1n) is 10.6. The minimum absolute atomic E-state index is 0.00452. The molecule has 3 aromatic rings. The third-order valence-corrected chi connectivity index (χ3v) is 5.58. The van der Waals surface area contributed by atoms with Gasteiger partial charge in [0.15, 0.2) is 0 Å². The van der Waals surface area contributed by atoms with E-state index in [0.717, 1.165) is 6.54 Å². The van der Waals surface area contributed by atoms with Gasteiger partial charge in [-0.15, -0.1) is 0 Å². The first kappa shape index (κ1) is 20.4. The Labute approximate surface area is 179 Å². The number of rotatable bonds is 5. The fourth-order valence-corrected chi connectivity index (χ4v) is 4.30. The van der Waals surface area contributed by atoms with Crippen LogP contribution < -0.4 is 0 Å². The fourth-order valence-electron chi connectivity index (χ4n) is 4.30. The van der Waals surface area contributed by atoms with Crippen LogP contribution in [0.3, 0.4) is 0 Å². The highest BCUT2D eigenvalue weighted by molar-refractivity contribution is 5.79. The maximum atomic E-state index is 13.3. The maximum Gasteiger partial charge on any atom is 0.324 e. The summed E-state index contributed by atoms with van der Waals surface area (Å²) in [5, 5.41) is 0. The lowest BCUT2D eigenvalue weighted by atomic mass is 9.79. The van der Waals surface area contributed by atoms with E-state index in [1.54, 1.807) is 0 Å². The van der Waals surface area contributed by atoms with Crippen molar-refractivity contribution < 1.29 is 9.53 Å². The molecule has 1 aliphatic rings. The number of carbonyl (C=O) groups excluding carboxylic acids is 1. The Balaban J connectivity index is 1.73. The van der Waals surface area contributed by atoms with Gasteiger partial charge in [0.05, 0.1) is 6.04 Å². The second kappa shape index (κ2) is 8.45. The van der Waals surface area contributed by atoms with Crippen molar-refractivity contribution in [3.8, 4) is 0 Å². The molecule has 0 spiro atoms. The second-order valence-corrected chi connectivity index (χ2v) is 8.92. The van der Waals surface area contributed by atoms with Crippen LogP contribution in [0.1, 0.15) is 49.4 Å². The molecule has 1 saturated heterocycles. The van der Waals surface area contributed by atoms with Gasteiger partial charge in [-0.3, -0.25) is 9.69 Å². The number of benzene rings is 3. The van der Waals surface area contributed by atoms with E-state index in [0.29, 0.717) is 0 Å². The van der Waals surface area contributed by atoms with Crippen LogP contribution in [0.5, 0.6) is 0 Å². The maximum absolute atomic E-state index is 13.3. The van der Waals surface area contributed by atoms with Crippen molar-refractivity contribution in [1.29, 1.82) is 0 Å². The molecule has 0 unspecified atom stereocenters. The average Bonchev–Trinajstić information content (AvgIpc) is 2.71. The molecular weight excluding hydrogens is 370 g/mol. The Morgan fingerprint density at radius 3 is 1.77 bits per heavy atom. The van der Waals surface area contributed by atoms with E-state index < -0.39 is 5.60 Å². The normalized spacial score (nSPS) is 19.3. The van der Waals surface area contributed by atoms with E-state index in [2.05, 4.69) is 65.6 Å². The molecule has 2 atom stereocenters. The summed E-state index contributed by atoms with van der Waals surface area (Å²) >= 11 is 0. The van der Waals surface area contributed by atoms with Crippen LogP contribution in [0.2, 0.25) is 0 Å². The van der Waals surface area contributed by atoms with Gasteiger partial charge in [0.25, 0.3) is 0 Å². The molecule has 4 rings (SSSR count). The van der Waals surface area contributed by atoms with Crippen LogP contribution in [-0.4, -0.2) is 29.1 Å². The van der Waals surface area contributed by atoms with Crippen LogP contribution in [-0.2, 0) is 9.53 Å². The summed E-state index contributed by atoms with van der Waals surface area (Å²) in [5.74, 6) is -0.0320. The number of hydrogen-bond acceptors (Lipinski definition) is 3. The van der Waals surface area contributed by atoms with Crippen LogP contribution >= 0.6 is 0 Å². The van der Waals surface area contributed by atoms with Crippen LogP contribution in [0, 0.1) is 0 Å². The second-order valence-electron chi connectivity index (χ2n) is 8.92. The Morgan fingerprint density at radius 1 is 0.833 bits per heavy atom. The SMILES string of the molecule is CC(C)(C)OC(=O)[C@@H]1[C@@H](c2ccccc2)CN1C(c1ccccc1)c1ccccc1. The zero-order chi connectivity index (χ0) is 21.1. The largest absolute Gasteiger partial charge is 0.459 e. The summed E-state index contributed by atoms with van der Waals surface area (Å²) < 4.78 is 5.86. The van der Waals surface area contributed by atoms with Gasteiger partial charge in [-0.05, 0) is 37.5 Å². The first-order valence-corrected chi connectivity index (χ1v) is 10.6. The summed E-state index contributed by atoms with van der Waals surface area (Å²) in [4.78, 5) is 15.6. The van der Waals surface area contributed by atoms with E-state index >= 15 is 0 Å². The van der Waals surface area contributed by atoms with Crippen molar-refractivity contribution in [1.82, 2.24) is 4.90 Å². The minimum Gasteiger partial charge on any atom is -0.459 e. The Morgan fingerprint density at radius 2 is 1.30 bits per heavy atom. The summed E-state index contributed by atoms with van der Waals surface area (Å²) in [6.45, 7) is 6.59. The quantitative estimate of drug-likeness (QED) is 0.524. The molecule has 3 heteroatoms. The molecule has 1 aliphatic heterocycles. The molecule has 0 saturated carbocycles. The third-order valence-electron chi connectivity index (χ3n) is 5.58. The van der Waals surface area contributed by atoms with Gasteiger partial charge < -0.3 is 4.74 Å². The molecule has 1 heterocycles. The number of hydrogen-bond donors (Lipinski definition) is 0. The monoisotopic (exact) mass is 399 g/mol. The standard InChI is InChI=1S/C27H29NO2/c1-27(2,3)30-26(29)25-23(20-13-7-4-8-14-20)19-28(25)24(21-15-9-5-10-16-21)22-17-11-6-12-18-22/h4-18,23-25H,19H2,1-3H3/t23-,25+/m1/s1. The smallest absolute Gasteiger partial charge is 0.324 e. The van der Waals surface area contributed by atoms with Crippen molar-refractivity contribution in [2.75, 3.05) is 6.54 Å². The van der Waals surface area contributed by atoms with E-state index in [4.69, 9.17) is 4.74 Å². The van der Waals surface area contributed by atoms with Crippen molar-refractivity contribution >= 4 is 5.97 Å². The highest BCUT2D eigenvalue weighted by Gasteiger charge is 2.49. The summed E-state index contributed by atoms with van der Waals surface area (Å²) in [5.41, 5.74) is 3.03. The molecule has 1 fully saturated rings. The third kappa shape index (κ3) is 4.31. The molecule has 3 aromatic carbocycles. The zero-order valence-corrected chi connectivity index (χ0v) is 17.9. The highest BCUT2D eigenvalue weighted by Crippen LogP contribution is 2.43. The van der Waals surface area contributed by atoms with E-state index in [1.807, 2.05) is 51.1 Å². The van der Waals surface area contributed by atoms with Gasteiger partial charge >= 0.3 is 5.97 Å². The van der Waals surface area contributed by atoms with E-state index in [9.17, 15) is 4.79 Å². The fraction of sp³-hybridized carbons (Fsp3) is 0.296. The van der Waals surface area contributed by atoms with Crippen LogP contribution in [0.15, 0.2) is 91.0 Å². The first-order chi connectivity index (χ1) is 14.4. The lowest BCUT2D eigenvalue weighted by Crippen LogP contribution is -2.60. The van der Waals surface area contributed by atoms with Crippen LogP contribution in [0.4, 0.5) is 0 Å². The molecule has 0 bridgehead atoms. The van der Waals surface area contributed by atoms with Gasteiger partial charge in [0, 0.05) is 12.5 Å². The van der Waals surface area contributed by atoms with Gasteiger partial charge in [-0.1, -0.05) is 91.0 Å². The van der Waals surface area contributed by atoms with Crippen molar-refractivity contribution in [2.45, 2.75) is 44.4 Å². The van der Waals surface area contributed by atoms with Gasteiger partial charge in [-0.25, -0.2) is 0 Å². The van der Waals surface area contributed by atoms with Crippen molar-refractivity contribution in [3.05, 3.63) is 108 Å². The molecule has 3 nitrogen and oxygen atoms in total. The Hall–Kier alpha value is -2.91. The number of likely N-dealkylation sites (tertiary alicyclic amines) is 1. The molecule has 154 valence electrons. The predicted molar refractivity (Wildman–Crippen MR) is 120 cm³/mol. The number of nitrogens with zero attached hydrogens (tertiary/aromatic N) is 1. The summed E-state index contributed by atoms with van der Waals surface area (Å²) in [6, 6.07) is 30.8. The molecule has 0 aromatic heterocycles. The Kier molecular flexibility index (Phi) is 5.74. The lowest BCUT2D eigenvalue weighted by Gasteiger charge is -2.51. The average molecular weight is 400 g/mol. The summed E-state index contributed by atoms with van der Waals surface area (Å²) in [7, 11) is 0. The Bertz CT molecular complexity index is 925. The molecule has 30 heavy (non-hydrogen) atoms. The predicted octanol–water partition coefficient (Wildman–Crippen LogP) is 5.59. The lowest BCUT2D eigenvalue weighted by molar-refractivity contribution is -0.170. The number of esters is 1. The molecule has 0 N–H and O–H groups in total. The number of carbonyl (C=O) groups is 1. The topological polar surface area (TPSA) is 29.5 Å². The van der Waals surface area contributed by atoms with Gasteiger partial charge in [0.1, 0.15) is 11.6 Å². The molecule has 0 amide bonds. The molecular formula is C27H29NO2. The zero-order valence-electron chi connectivity index (χ0n) is 17.9.